The molecule has 0 aromatic heterocycles. The third-order valence-corrected chi connectivity index (χ3v) is 4.60. The number of nitrogens with one attached hydrogen (secondary N) is 1. The van der Waals surface area contributed by atoms with Gasteiger partial charge in [0.1, 0.15) is 5.82 Å². The van der Waals surface area contributed by atoms with Crippen LogP contribution in [0.3, 0.4) is 0 Å². The van der Waals surface area contributed by atoms with E-state index in [2.05, 4.69) is 5.32 Å². The van der Waals surface area contributed by atoms with Gasteiger partial charge in [-0.05, 0) is 49.3 Å². The first-order chi connectivity index (χ1) is 9.45. The highest BCUT2D eigenvalue weighted by molar-refractivity contribution is 5.29. The quantitative estimate of drug-likeness (QED) is 0.753. The average molecular weight is 287 g/mol. The first kappa shape index (κ1) is 13.9. The lowest BCUT2D eigenvalue weighted by Gasteiger charge is -2.34. The van der Waals surface area contributed by atoms with Crippen molar-refractivity contribution in [1.29, 1.82) is 0 Å². The molecule has 3 rings (SSSR count). The first-order valence-corrected chi connectivity index (χ1v) is 7.08. The van der Waals surface area contributed by atoms with Crippen molar-refractivity contribution in [1.82, 2.24) is 5.32 Å². The lowest BCUT2D eigenvalue weighted by molar-refractivity contribution is -0.140. The highest BCUT2D eigenvalue weighted by Crippen LogP contribution is 2.39. The Labute approximate surface area is 115 Å². The zero-order valence-electron chi connectivity index (χ0n) is 11.0. The molecule has 0 amide bonds. The summed E-state index contributed by atoms with van der Waals surface area (Å²) in [7, 11) is 0. The van der Waals surface area contributed by atoms with E-state index in [9.17, 15) is 17.6 Å². The summed E-state index contributed by atoms with van der Waals surface area (Å²) in [6, 6.07) is 3.71. The molecule has 3 unspecified atom stereocenters. The van der Waals surface area contributed by atoms with Crippen molar-refractivity contribution < 1.29 is 17.6 Å². The van der Waals surface area contributed by atoms with Gasteiger partial charge in [-0.3, -0.25) is 0 Å². The highest BCUT2D eigenvalue weighted by atomic mass is 19.4. The number of fused-ring (bicyclic) bond motifs is 1. The fraction of sp³-hybridized carbons (Fsp3) is 0.600. The van der Waals surface area contributed by atoms with E-state index in [-0.39, 0.29) is 6.04 Å². The van der Waals surface area contributed by atoms with Gasteiger partial charge in [0.25, 0.3) is 0 Å². The van der Waals surface area contributed by atoms with Crippen LogP contribution in [-0.2, 0) is 6.18 Å². The molecule has 1 saturated carbocycles. The number of benzene rings is 1. The van der Waals surface area contributed by atoms with Crippen LogP contribution in [0.4, 0.5) is 17.6 Å². The summed E-state index contributed by atoms with van der Waals surface area (Å²) >= 11 is 0. The summed E-state index contributed by atoms with van der Waals surface area (Å²) in [6.07, 6.45) is 0.864. The third kappa shape index (κ3) is 2.55. The summed E-state index contributed by atoms with van der Waals surface area (Å²) < 4.78 is 51.3. The molecule has 2 aliphatic rings. The van der Waals surface area contributed by atoms with Crippen molar-refractivity contribution in [3.63, 3.8) is 0 Å². The summed E-state index contributed by atoms with van der Waals surface area (Å²) in [5.74, 6) is -0.490. The fourth-order valence-electron chi connectivity index (χ4n) is 3.57. The highest BCUT2D eigenvalue weighted by Gasteiger charge is 2.36. The van der Waals surface area contributed by atoms with Crippen LogP contribution < -0.4 is 5.32 Å². The molecule has 2 fully saturated rings. The maximum absolute atomic E-state index is 13.6. The molecular formula is C15H17F4N. The molecule has 1 aromatic carbocycles. The molecule has 1 nitrogen and oxygen atoms in total. The Hall–Kier alpha value is -1.10. The van der Waals surface area contributed by atoms with Gasteiger partial charge in [-0.15, -0.1) is 0 Å². The molecule has 1 aliphatic heterocycles. The van der Waals surface area contributed by atoms with Crippen molar-refractivity contribution in [3.05, 3.63) is 35.1 Å². The van der Waals surface area contributed by atoms with Crippen molar-refractivity contribution in [2.24, 2.45) is 5.92 Å². The van der Waals surface area contributed by atoms with Gasteiger partial charge in [-0.25, -0.2) is 4.39 Å². The van der Waals surface area contributed by atoms with E-state index in [1.165, 1.54) is 18.9 Å². The molecule has 1 saturated heterocycles. The fourth-order valence-corrected chi connectivity index (χ4v) is 3.57. The minimum absolute atomic E-state index is 0.0221. The van der Waals surface area contributed by atoms with Crippen LogP contribution in [0.1, 0.15) is 49.3 Å². The number of hydrogen-bond donors (Lipinski definition) is 1. The van der Waals surface area contributed by atoms with Gasteiger partial charge in [0.2, 0.25) is 0 Å². The van der Waals surface area contributed by atoms with Crippen LogP contribution in [-0.4, -0.2) is 6.04 Å². The maximum atomic E-state index is 13.6. The smallest absolute Gasteiger partial charge is 0.307 e. The summed E-state index contributed by atoms with van der Waals surface area (Å²) in [6.45, 7) is 0. The number of alkyl halides is 3. The predicted molar refractivity (Wildman–Crippen MR) is 67.6 cm³/mol. The van der Waals surface area contributed by atoms with Crippen LogP contribution in [0, 0.1) is 11.7 Å². The van der Waals surface area contributed by atoms with Gasteiger partial charge in [0, 0.05) is 12.1 Å². The maximum Gasteiger partial charge on any atom is 0.419 e. The van der Waals surface area contributed by atoms with Crippen LogP contribution >= 0.6 is 0 Å². The Balaban J connectivity index is 1.79. The Morgan fingerprint density at radius 2 is 1.85 bits per heavy atom. The zero-order chi connectivity index (χ0) is 14.3. The average Bonchev–Trinajstić information content (AvgIpc) is 2.84. The van der Waals surface area contributed by atoms with Gasteiger partial charge in [-0.1, -0.05) is 12.5 Å². The summed E-state index contributed by atoms with van der Waals surface area (Å²) in [5.41, 5.74) is -0.559. The molecule has 5 heteroatoms. The minimum atomic E-state index is -4.63. The lowest BCUT2D eigenvalue weighted by atomic mass is 9.87. The zero-order valence-corrected chi connectivity index (χ0v) is 11.0. The van der Waals surface area contributed by atoms with E-state index in [0.29, 0.717) is 17.5 Å². The van der Waals surface area contributed by atoms with E-state index < -0.39 is 17.6 Å². The molecule has 20 heavy (non-hydrogen) atoms. The first-order valence-electron chi connectivity index (χ1n) is 7.08. The van der Waals surface area contributed by atoms with Crippen molar-refractivity contribution in [2.75, 3.05) is 0 Å². The normalized spacial score (nSPS) is 30.3. The van der Waals surface area contributed by atoms with Crippen LogP contribution in [0.15, 0.2) is 18.2 Å². The molecular weight excluding hydrogens is 270 g/mol. The number of hydrogen-bond acceptors (Lipinski definition) is 1. The van der Waals surface area contributed by atoms with Gasteiger partial charge < -0.3 is 5.32 Å². The Bertz CT molecular complexity index is 497. The minimum Gasteiger partial charge on any atom is -0.307 e. The number of halogens is 4. The second-order valence-electron chi connectivity index (χ2n) is 5.83. The van der Waals surface area contributed by atoms with Gasteiger partial charge in [0.05, 0.1) is 5.56 Å². The molecule has 1 heterocycles. The molecule has 1 N–H and O–H groups in total. The largest absolute Gasteiger partial charge is 0.419 e. The standard InChI is InChI=1S/C15H17F4N/c16-12-8-10(4-6-11(12)15(17,18)19)14-7-5-9-2-1-3-13(9)20-14/h4,6,8-9,13-14,20H,1-3,5,7H2. The molecule has 0 bridgehead atoms. The van der Waals surface area contributed by atoms with Gasteiger partial charge in [0.15, 0.2) is 0 Å². The molecule has 1 aromatic rings. The van der Waals surface area contributed by atoms with E-state index in [4.69, 9.17) is 0 Å². The second-order valence-corrected chi connectivity index (χ2v) is 5.83. The Morgan fingerprint density at radius 1 is 1.05 bits per heavy atom. The lowest BCUT2D eigenvalue weighted by Crippen LogP contribution is -2.40. The monoisotopic (exact) mass is 287 g/mol. The Morgan fingerprint density at radius 3 is 2.55 bits per heavy atom. The van der Waals surface area contributed by atoms with Crippen LogP contribution in [0.2, 0.25) is 0 Å². The van der Waals surface area contributed by atoms with E-state index in [1.807, 2.05) is 0 Å². The topological polar surface area (TPSA) is 12.0 Å². The Kier molecular flexibility index (Phi) is 3.48. The molecule has 3 atom stereocenters. The van der Waals surface area contributed by atoms with Crippen LogP contribution in [0.25, 0.3) is 0 Å². The van der Waals surface area contributed by atoms with E-state index in [0.717, 1.165) is 31.4 Å². The van der Waals surface area contributed by atoms with Crippen molar-refractivity contribution in [3.8, 4) is 0 Å². The number of piperidine rings is 1. The molecule has 110 valence electrons. The molecule has 0 spiro atoms. The second kappa shape index (κ2) is 5.02. The van der Waals surface area contributed by atoms with E-state index >= 15 is 0 Å². The van der Waals surface area contributed by atoms with Gasteiger partial charge >= 0.3 is 6.18 Å². The van der Waals surface area contributed by atoms with E-state index in [1.54, 1.807) is 0 Å². The third-order valence-electron chi connectivity index (χ3n) is 4.60. The summed E-state index contributed by atoms with van der Waals surface area (Å²) in [5, 5.41) is 3.47. The molecule has 1 aliphatic carbocycles. The summed E-state index contributed by atoms with van der Waals surface area (Å²) in [4.78, 5) is 0. The molecule has 0 radical (unpaired) electrons. The predicted octanol–water partition coefficient (Wildman–Crippen LogP) is 4.44. The van der Waals surface area contributed by atoms with Gasteiger partial charge in [-0.2, -0.15) is 13.2 Å². The van der Waals surface area contributed by atoms with Crippen molar-refractivity contribution in [2.45, 2.75) is 50.4 Å². The SMILES string of the molecule is Fc1cc(C2CCC3CCCC3N2)ccc1C(F)(F)F. The number of rotatable bonds is 1. The van der Waals surface area contributed by atoms with Crippen molar-refractivity contribution >= 4 is 0 Å². The van der Waals surface area contributed by atoms with Crippen LogP contribution in [0.5, 0.6) is 0 Å².